The lowest BCUT2D eigenvalue weighted by Gasteiger charge is -2.06. The molecule has 5 nitrogen and oxygen atoms in total. The molecule has 0 radical (unpaired) electrons. The van der Waals surface area contributed by atoms with Crippen molar-refractivity contribution >= 4 is 11.9 Å². The number of carboxylic acid groups (broad SMARTS) is 1. The first kappa shape index (κ1) is 17.0. The van der Waals surface area contributed by atoms with Gasteiger partial charge in [-0.15, -0.1) is 0 Å². The Kier molecular flexibility index (Phi) is 7.94. The van der Waals surface area contributed by atoms with Crippen molar-refractivity contribution in [3.05, 3.63) is 29.8 Å². The third-order valence-corrected chi connectivity index (χ3v) is 3.25. The summed E-state index contributed by atoms with van der Waals surface area (Å²) >= 11 is 0. The highest BCUT2D eigenvalue weighted by molar-refractivity contribution is 5.76. The summed E-state index contributed by atoms with van der Waals surface area (Å²) in [4.78, 5) is 22.0. The first-order valence-electron chi connectivity index (χ1n) is 7.35. The van der Waals surface area contributed by atoms with E-state index in [4.69, 9.17) is 5.11 Å². The number of phenolic OH excluding ortho intramolecular Hbond substituents is 1. The van der Waals surface area contributed by atoms with Gasteiger partial charge < -0.3 is 15.5 Å². The summed E-state index contributed by atoms with van der Waals surface area (Å²) in [6.45, 7) is 0.618. The molecule has 0 unspecified atom stereocenters. The number of nitrogens with one attached hydrogen (secondary N) is 1. The minimum absolute atomic E-state index is 0.0243. The van der Waals surface area contributed by atoms with Crippen LogP contribution >= 0.6 is 0 Å². The van der Waals surface area contributed by atoms with E-state index in [0.29, 0.717) is 25.8 Å². The number of amides is 1. The maximum atomic E-state index is 11.6. The molecule has 116 valence electrons. The van der Waals surface area contributed by atoms with Crippen LogP contribution in [0.4, 0.5) is 0 Å². The molecule has 0 bridgehead atoms. The van der Waals surface area contributed by atoms with E-state index in [9.17, 15) is 14.7 Å². The highest BCUT2D eigenvalue weighted by Gasteiger charge is 2.04. The number of hydrogen-bond acceptors (Lipinski definition) is 3. The number of phenols is 1. The predicted molar refractivity (Wildman–Crippen MR) is 80.2 cm³/mol. The Morgan fingerprint density at radius 3 is 2.43 bits per heavy atom. The van der Waals surface area contributed by atoms with Gasteiger partial charge in [0.05, 0.1) is 0 Å². The summed E-state index contributed by atoms with van der Waals surface area (Å²) in [5.74, 6) is -0.556. The molecule has 21 heavy (non-hydrogen) atoms. The largest absolute Gasteiger partial charge is 0.508 e. The Balaban J connectivity index is 2.04. The first-order chi connectivity index (χ1) is 10.1. The number of benzene rings is 1. The molecule has 0 aliphatic carbocycles. The van der Waals surface area contributed by atoms with E-state index in [2.05, 4.69) is 5.32 Å². The first-order valence-corrected chi connectivity index (χ1v) is 7.35. The van der Waals surface area contributed by atoms with Gasteiger partial charge in [-0.25, -0.2) is 0 Å². The van der Waals surface area contributed by atoms with Gasteiger partial charge in [0.1, 0.15) is 5.75 Å². The average molecular weight is 293 g/mol. The molecule has 1 aromatic rings. The van der Waals surface area contributed by atoms with Crippen molar-refractivity contribution in [2.24, 2.45) is 0 Å². The van der Waals surface area contributed by atoms with Gasteiger partial charge >= 0.3 is 5.97 Å². The molecule has 0 aromatic heterocycles. The minimum atomic E-state index is -0.757. The fourth-order valence-corrected chi connectivity index (χ4v) is 2.04. The Hall–Kier alpha value is -2.04. The van der Waals surface area contributed by atoms with E-state index in [1.165, 1.54) is 0 Å². The molecule has 1 aromatic carbocycles. The van der Waals surface area contributed by atoms with Gasteiger partial charge in [0.25, 0.3) is 0 Å². The predicted octanol–water partition coefficient (Wildman–Crippen LogP) is 2.48. The minimum Gasteiger partial charge on any atom is -0.508 e. The number of unbranched alkanes of at least 4 members (excludes halogenated alkanes) is 3. The number of rotatable bonds is 10. The van der Waals surface area contributed by atoms with Crippen molar-refractivity contribution in [3.63, 3.8) is 0 Å². The van der Waals surface area contributed by atoms with Crippen LogP contribution in [0.3, 0.4) is 0 Å². The molecule has 0 aliphatic heterocycles. The number of para-hydroxylation sites is 1. The number of hydrogen-bond donors (Lipinski definition) is 3. The molecule has 0 saturated carbocycles. The Morgan fingerprint density at radius 1 is 1.00 bits per heavy atom. The van der Waals surface area contributed by atoms with Crippen LogP contribution in [0.5, 0.6) is 5.75 Å². The highest BCUT2D eigenvalue weighted by Crippen LogP contribution is 2.16. The zero-order chi connectivity index (χ0) is 15.5. The van der Waals surface area contributed by atoms with Crippen molar-refractivity contribution in [1.82, 2.24) is 5.32 Å². The summed E-state index contributed by atoms with van der Waals surface area (Å²) < 4.78 is 0. The Bertz CT molecular complexity index is 459. The van der Waals surface area contributed by atoms with Gasteiger partial charge in [0.15, 0.2) is 0 Å². The lowest BCUT2D eigenvalue weighted by atomic mass is 10.1. The molecule has 5 heteroatoms. The quantitative estimate of drug-likeness (QED) is 0.578. The topological polar surface area (TPSA) is 86.6 Å². The van der Waals surface area contributed by atoms with Gasteiger partial charge in [-0.05, 0) is 30.9 Å². The van der Waals surface area contributed by atoms with E-state index in [1.807, 2.05) is 12.1 Å². The van der Waals surface area contributed by atoms with Gasteiger partial charge in [0, 0.05) is 19.4 Å². The van der Waals surface area contributed by atoms with Crippen LogP contribution in [0.2, 0.25) is 0 Å². The molecule has 0 saturated heterocycles. The number of aliphatic carboxylic acids is 1. The second kappa shape index (κ2) is 9.80. The van der Waals surface area contributed by atoms with Crippen LogP contribution < -0.4 is 5.32 Å². The maximum absolute atomic E-state index is 11.6. The van der Waals surface area contributed by atoms with Crippen LogP contribution in [0.15, 0.2) is 24.3 Å². The van der Waals surface area contributed by atoms with E-state index in [0.717, 1.165) is 24.8 Å². The summed E-state index contributed by atoms with van der Waals surface area (Å²) in [5, 5.41) is 20.9. The van der Waals surface area contributed by atoms with E-state index >= 15 is 0 Å². The van der Waals surface area contributed by atoms with Gasteiger partial charge in [-0.2, -0.15) is 0 Å². The number of aromatic hydroxyl groups is 1. The van der Waals surface area contributed by atoms with Crippen molar-refractivity contribution < 1.29 is 19.8 Å². The molecule has 0 heterocycles. The van der Waals surface area contributed by atoms with Crippen molar-refractivity contribution in [2.75, 3.05) is 6.54 Å². The molecular formula is C16H23NO4. The molecule has 0 spiro atoms. The van der Waals surface area contributed by atoms with Crippen LogP contribution in [0.25, 0.3) is 0 Å². The van der Waals surface area contributed by atoms with Gasteiger partial charge in [0.2, 0.25) is 5.91 Å². The van der Waals surface area contributed by atoms with Crippen LogP contribution in [-0.2, 0) is 16.0 Å². The third kappa shape index (κ3) is 7.97. The van der Waals surface area contributed by atoms with Crippen LogP contribution in [0, 0.1) is 0 Å². The van der Waals surface area contributed by atoms with E-state index in [-0.39, 0.29) is 18.1 Å². The molecule has 1 amide bonds. The SMILES string of the molecule is O=C(O)CCCCCCNC(=O)CCc1ccccc1O. The number of carbonyl (C=O) groups excluding carboxylic acids is 1. The van der Waals surface area contributed by atoms with E-state index < -0.39 is 5.97 Å². The zero-order valence-corrected chi connectivity index (χ0v) is 12.2. The normalized spacial score (nSPS) is 10.3. The summed E-state index contributed by atoms with van der Waals surface area (Å²) in [7, 11) is 0. The molecule has 0 atom stereocenters. The Morgan fingerprint density at radius 2 is 1.71 bits per heavy atom. The second-order valence-corrected chi connectivity index (χ2v) is 5.04. The van der Waals surface area contributed by atoms with E-state index in [1.54, 1.807) is 12.1 Å². The zero-order valence-electron chi connectivity index (χ0n) is 12.2. The number of aryl methyl sites for hydroxylation is 1. The van der Waals surface area contributed by atoms with Gasteiger partial charge in [-0.3, -0.25) is 9.59 Å². The molecule has 3 N–H and O–H groups in total. The molecular weight excluding hydrogens is 270 g/mol. The lowest BCUT2D eigenvalue weighted by Crippen LogP contribution is -2.24. The molecule has 0 fully saturated rings. The van der Waals surface area contributed by atoms with Crippen molar-refractivity contribution in [1.29, 1.82) is 0 Å². The summed E-state index contributed by atoms with van der Waals surface area (Å²) in [5.41, 5.74) is 0.779. The fourth-order valence-electron chi connectivity index (χ4n) is 2.04. The van der Waals surface area contributed by atoms with Crippen molar-refractivity contribution in [3.8, 4) is 5.75 Å². The lowest BCUT2D eigenvalue weighted by molar-refractivity contribution is -0.137. The smallest absolute Gasteiger partial charge is 0.303 e. The molecule has 1 rings (SSSR count). The number of carbonyl (C=O) groups is 2. The highest BCUT2D eigenvalue weighted by atomic mass is 16.4. The van der Waals surface area contributed by atoms with Crippen LogP contribution in [-0.4, -0.2) is 28.6 Å². The van der Waals surface area contributed by atoms with Gasteiger partial charge in [-0.1, -0.05) is 31.0 Å². The molecule has 0 aliphatic rings. The summed E-state index contributed by atoms with van der Waals surface area (Å²) in [6, 6.07) is 7.02. The fraction of sp³-hybridized carbons (Fsp3) is 0.500. The standard InChI is InChI=1S/C16H23NO4/c18-14-8-5-4-7-13(14)10-11-15(19)17-12-6-2-1-3-9-16(20)21/h4-5,7-8,18H,1-3,6,9-12H2,(H,17,19)(H,20,21). The second-order valence-electron chi connectivity index (χ2n) is 5.04. The Labute approximate surface area is 125 Å². The monoisotopic (exact) mass is 293 g/mol. The third-order valence-electron chi connectivity index (χ3n) is 3.25. The average Bonchev–Trinajstić information content (AvgIpc) is 2.45. The summed E-state index contributed by atoms with van der Waals surface area (Å²) in [6.07, 6.45) is 4.45. The number of carboxylic acids is 1. The van der Waals surface area contributed by atoms with Crippen molar-refractivity contribution in [2.45, 2.75) is 44.9 Å². The van der Waals surface area contributed by atoms with Crippen LogP contribution in [0.1, 0.15) is 44.1 Å². The maximum Gasteiger partial charge on any atom is 0.303 e.